The van der Waals surface area contributed by atoms with E-state index in [9.17, 15) is 13.2 Å². The summed E-state index contributed by atoms with van der Waals surface area (Å²) in [6.45, 7) is 4.61. The molecule has 26 heavy (non-hydrogen) atoms. The van der Waals surface area contributed by atoms with Crippen LogP contribution in [0.3, 0.4) is 0 Å². The van der Waals surface area contributed by atoms with E-state index in [2.05, 4.69) is 5.32 Å². The number of aryl methyl sites for hydroxylation is 1. The van der Waals surface area contributed by atoms with Crippen molar-refractivity contribution >= 4 is 28.3 Å². The highest BCUT2D eigenvalue weighted by Gasteiger charge is 2.29. The maximum absolute atomic E-state index is 13.0. The standard InChI is InChI=1S/C17H27N3O4S.ClH/c1-4-14-5-6-15(17(21)19(3)8-7-18-2)13-16(14)25(22,23)20-9-11-24-12-10-20;/h5-6,13,18H,4,7-12H2,1-3H3;1H. The molecule has 1 aromatic rings. The Hall–Kier alpha value is -1.19. The van der Waals surface area contributed by atoms with Gasteiger partial charge in [-0.2, -0.15) is 4.31 Å². The third-order valence-corrected chi connectivity index (χ3v) is 6.31. The molecule has 148 valence electrons. The maximum Gasteiger partial charge on any atom is 0.253 e. The monoisotopic (exact) mass is 405 g/mol. The molecule has 7 nitrogen and oxygen atoms in total. The topological polar surface area (TPSA) is 79.0 Å². The molecular formula is C17H28ClN3O4S. The van der Waals surface area contributed by atoms with Crippen LogP contribution >= 0.6 is 12.4 Å². The number of hydrogen-bond donors (Lipinski definition) is 1. The van der Waals surface area contributed by atoms with E-state index in [0.717, 1.165) is 5.56 Å². The highest BCUT2D eigenvalue weighted by Crippen LogP contribution is 2.24. The van der Waals surface area contributed by atoms with Crippen LogP contribution in [-0.4, -0.2) is 77.0 Å². The van der Waals surface area contributed by atoms with Crippen LogP contribution < -0.4 is 5.32 Å². The van der Waals surface area contributed by atoms with Gasteiger partial charge >= 0.3 is 0 Å². The summed E-state index contributed by atoms with van der Waals surface area (Å²) in [5, 5.41) is 2.99. The molecule has 1 N–H and O–H groups in total. The molecule has 0 spiro atoms. The van der Waals surface area contributed by atoms with Crippen molar-refractivity contribution < 1.29 is 17.9 Å². The lowest BCUT2D eigenvalue weighted by molar-refractivity contribution is 0.0730. The molecule has 9 heteroatoms. The Labute approximate surface area is 162 Å². The zero-order chi connectivity index (χ0) is 18.4. The largest absolute Gasteiger partial charge is 0.379 e. The summed E-state index contributed by atoms with van der Waals surface area (Å²) in [5.41, 5.74) is 1.11. The van der Waals surface area contributed by atoms with E-state index in [-0.39, 0.29) is 23.2 Å². The SMILES string of the molecule is CCc1ccc(C(=O)N(C)CCNC)cc1S(=O)(=O)N1CCOCC1.Cl. The Morgan fingerprint density at radius 1 is 1.31 bits per heavy atom. The van der Waals surface area contributed by atoms with E-state index >= 15 is 0 Å². The number of ether oxygens (including phenoxy) is 1. The third-order valence-electron chi connectivity index (χ3n) is 4.33. The molecule has 0 bridgehead atoms. The van der Waals surface area contributed by atoms with E-state index < -0.39 is 10.0 Å². The molecular weight excluding hydrogens is 378 g/mol. The molecule has 1 heterocycles. The molecule has 1 aromatic carbocycles. The van der Waals surface area contributed by atoms with Crippen LogP contribution in [0.2, 0.25) is 0 Å². The number of rotatable bonds is 7. The Kier molecular flexibility index (Phi) is 8.99. The summed E-state index contributed by atoms with van der Waals surface area (Å²) in [6.07, 6.45) is 0.586. The summed E-state index contributed by atoms with van der Waals surface area (Å²) in [7, 11) is -0.101. The zero-order valence-corrected chi connectivity index (χ0v) is 17.2. The highest BCUT2D eigenvalue weighted by molar-refractivity contribution is 7.89. The van der Waals surface area contributed by atoms with E-state index in [1.54, 1.807) is 24.1 Å². The molecule has 1 saturated heterocycles. The van der Waals surface area contributed by atoms with E-state index in [1.807, 2.05) is 14.0 Å². The Morgan fingerprint density at radius 2 is 1.96 bits per heavy atom. The van der Waals surface area contributed by atoms with Crippen molar-refractivity contribution in [3.05, 3.63) is 29.3 Å². The van der Waals surface area contributed by atoms with Crippen LogP contribution in [-0.2, 0) is 21.2 Å². The fraction of sp³-hybridized carbons (Fsp3) is 0.588. The van der Waals surface area contributed by atoms with Crippen molar-refractivity contribution in [2.75, 3.05) is 53.5 Å². The van der Waals surface area contributed by atoms with Gasteiger partial charge in [-0.05, 0) is 31.2 Å². The van der Waals surface area contributed by atoms with Crippen molar-refractivity contribution in [3.8, 4) is 0 Å². The van der Waals surface area contributed by atoms with Crippen LogP contribution in [0.25, 0.3) is 0 Å². The molecule has 0 unspecified atom stereocenters. The van der Waals surface area contributed by atoms with Gasteiger partial charge in [0.05, 0.1) is 18.1 Å². The maximum atomic E-state index is 13.0. The van der Waals surface area contributed by atoms with Gasteiger partial charge in [0.1, 0.15) is 0 Å². The Balaban J connectivity index is 0.00000338. The molecule has 2 rings (SSSR count). The summed E-state index contributed by atoms with van der Waals surface area (Å²) in [6, 6.07) is 4.96. The molecule has 0 aliphatic carbocycles. The van der Waals surface area contributed by atoms with Gasteiger partial charge in [0, 0.05) is 38.8 Å². The molecule has 0 aromatic heterocycles. The highest BCUT2D eigenvalue weighted by atomic mass is 35.5. The van der Waals surface area contributed by atoms with Gasteiger partial charge in [-0.3, -0.25) is 4.79 Å². The van der Waals surface area contributed by atoms with Crippen molar-refractivity contribution in [2.45, 2.75) is 18.2 Å². The van der Waals surface area contributed by atoms with Crippen LogP contribution in [0.4, 0.5) is 0 Å². The number of carbonyl (C=O) groups is 1. The summed E-state index contributed by atoms with van der Waals surface area (Å²) < 4.78 is 32.7. The molecule has 1 fully saturated rings. The third kappa shape index (κ3) is 5.17. The number of nitrogens with zero attached hydrogens (tertiary/aromatic N) is 2. The van der Waals surface area contributed by atoms with E-state index in [0.29, 0.717) is 51.4 Å². The lowest BCUT2D eigenvalue weighted by Gasteiger charge is -2.27. The van der Waals surface area contributed by atoms with E-state index in [4.69, 9.17) is 4.74 Å². The van der Waals surface area contributed by atoms with Crippen molar-refractivity contribution in [1.29, 1.82) is 0 Å². The number of nitrogens with one attached hydrogen (secondary N) is 1. The Bertz CT molecular complexity index is 706. The molecule has 1 amide bonds. The molecule has 1 aliphatic rings. The predicted molar refractivity (Wildman–Crippen MR) is 104 cm³/mol. The fourth-order valence-electron chi connectivity index (χ4n) is 2.75. The van der Waals surface area contributed by atoms with Crippen LogP contribution in [0.1, 0.15) is 22.8 Å². The number of morpholine rings is 1. The first-order valence-corrected chi connectivity index (χ1v) is 9.96. The normalized spacial score (nSPS) is 15.3. The minimum absolute atomic E-state index is 0. The Morgan fingerprint density at radius 3 is 2.54 bits per heavy atom. The fourth-order valence-corrected chi connectivity index (χ4v) is 4.47. The quantitative estimate of drug-likeness (QED) is 0.731. The number of carbonyl (C=O) groups excluding carboxylic acids is 1. The molecule has 0 radical (unpaired) electrons. The van der Waals surface area contributed by atoms with Crippen molar-refractivity contribution in [1.82, 2.24) is 14.5 Å². The van der Waals surface area contributed by atoms with Gasteiger partial charge in [0.25, 0.3) is 5.91 Å². The second-order valence-corrected chi connectivity index (χ2v) is 7.93. The zero-order valence-electron chi connectivity index (χ0n) is 15.5. The number of hydrogen-bond acceptors (Lipinski definition) is 5. The van der Waals surface area contributed by atoms with Gasteiger partial charge in [-0.15, -0.1) is 12.4 Å². The first-order chi connectivity index (χ1) is 11.9. The molecule has 0 saturated carbocycles. The van der Waals surface area contributed by atoms with Gasteiger partial charge < -0.3 is 15.0 Å². The number of benzene rings is 1. The van der Waals surface area contributed by atoms with Crippen molar-refractivity contribution in [2.24, 2.45) is 0 Å². The lowest BCUT2D eigenvalue weighted by atomic mass is 10.1. The van der Waals surface area contributed by atoms with Crippen molar-refractivity contribution in [3.63, 3.8) is 0 Å². The van der Waals surface area contributed by atoms with Gasteiger partial charge in [0.2, 0.25) is 10.0 Å². The van der Waals surface area contributed by atoms with Gasteiger partial charge in [0.15, 0.2) is 0 Å². The lowest BCUT2D eigenvalue weighted by Crippen LogP contribution is -2.41. The summed E-state index contributed by atoms with van der Waals surface area (Å²) >= 11 is 0. The van der Waals surface area contributed by atoms with Crippen LogP contribution in [0, 0.1) is 0 Å². The minimum atomic E-state index is -3.63. The first kappa shape index (κ1) is 22.9. The second-order valence-electron chi connectivity index (χ2n) is 6.02. The van der Waals surface area contributed by atoms with Gasteiger partial charge in [-0.1, -0.05) is 13.0 Å². The minimum Gasteiger partial charge on any atom is -0.379 e. The average molecular weight is 406 g/mol. The smallest absolute Gasteiger partial charge is 0.253 e. The number of sulfonamides is 1. The van der Waals surface area contributed by atoms with E-state index in [1.165, 1.54) is 10.4 Å². The van der Waals surface area contributed by atoms with Gasteiger partial charge in [-0.25, -0.2) is 8.42 Å². The molecule has 0 atom stereocenters. The first-order valence-electron chi connectivity index (χ1n) is 8.52. The van der Waals surface area contributed by atoms with Crippen LogP contribution in [0.15, 0.2) is 23.1 Å². The summed E-state index contributed by atoms with van der Waals surface area (Å²) in [5.74, 6) is -0.184. The summed E-state index contributed by atoms with van der Waals surface area (Å²) in [4.78, 5) is 14.4. The second kappa shape index (κ2) is 10.2. The number of likely N-dealkylation sites (N-methyl/N-ethyl adjacent to an activating group) is 2. The molecule has 1 aliphatic heterocycles. The average Bonchev–Trinajstić information content (AvgIpc) is 2.65. The number of amides is 1. The number of halogens is 1. The predicted octanol–water partition coefficient (Wildman–Crippen LogP) is 0.983. The van der Waals surface area contributed by atoms with Crippen LogP contribution in [0.5, 0.6) is 0 Å².